The van der Waals surface area contributed by atoms with Gasteiger partial charge in [-0.15, -0.1) is 0 Å². The number of hydrogen-bond acceptors (Lipinski definition) is 4. The van der Waals surface area contributed by atoms with Crippen LogP contribution in [0.15, 0.2) is 72.8 Å². The number of benzene rings is 3. The van der Waals surface area contributed by atoms with Crippen molar-refractivity contribution < 1.29 is 19.4 Å². The van der Waals surface area contributed by atoms with Gasteiger partial charge in [0.2, 0.25) is 0 Å². The fourth-order valence-corrected chi connectivity index (χ4v) is 3.64. The van der Waals surface area contributed by atoms with Gasteiger partial charge in [-0.1, -0.05) is 60.7 Å². The monoisotopic (exact) mass is 431 g/mol. The Morgan fingerprint density at radius 3 is 2.41 bits per heavy atom. The van der Waals surface area contributed by atoms with Crippen LogP contribution in [0, 0.1) is 13.8 Å². The molecule has 0 radical (unpaired) electrons. The summed E-state index contributed by atoms with van der Waals surface area (Å²) in [5.74, 6) is -0.285. The van der Waals surface area contributed by atoms with Crippen molar-refractivity contribution in [3.05, 3.63) is 101 Å². The molecule has 0 bridgehead atoms. The molecule has 3 aromatic rings. The predicted molar refractivity (Wildman–Crippen MR) is 125 cm³/mol. The molecule has 0 heterocycles. The van der Waals surface area contributed by atoms with Crippen molar-refractivity contribution in [3.8, 4) is 5.75 Å². The second-order valence-corrected chi connectivity index (χ2v) is 8.04. The minimum absolute atomic E-state index is 0.0264. The van der Waals surface area contributed by atoms with Crippen molar-refractivity contribution in [2.45, 2.75) is 26.4 Å². The van der Waals surface area contributed by atoms with E-state index in [-0.39, 0.29) is 18.4 Å². The molecule has 3 rings (SSSR count). The molecule has 1 N–H and O–H groups in total. The van der Waals surface area contributed by atoms with Gasteiger partial charge in [-0.3, -0.25) is 14.5 Å². The Morgan fingerprint density at radius 2 is 1.69 bits per heavy atom. The van der Waals surface area contributed by atoms with Gasteiger partial charge in [-0.05, 0) is 49.7 Å². The summed E-state index contributed by atoms with van der Waals surface area (Å²) in [5, 5.41) is 9.01. The molecule has 5 nitrogen and oxygen atoms in total. The summed E-state index contributed by atoms with van der Waals surface area (Å²) in [6, 6.07) is 22.8. The van der Waals surface area contributed by atoms with Crippen LogP contribution in [0.5, 0.6) is 5.75 Å². The molecule has 0 aliphatic carbocycles. The average molecular weight is 432 g/mol. The maximum Gasteiger partial charge on any atom is 0.317 e. The largest absolute Gasteiger partial charge is 0.486 e. The van der Waals surface area contributed by atoms with Crippen molar-refractivity contribution in [1.82, 2.24) is 4.90 Å². The number of nitrogens with zero attached hydrogens (tertiary/aromatic N) is 1. The maximum absolute atomic E-state index is 13.1. The SMILES string of the molecule is Cc1cccc(C(=O)c2cccc(OC(CCN(C)CC(=O)O)c3ccccc3)c2)c1C. The molecule has 0 saturated heterocycles. The van der Waals surface area contributed by atoms with Crippen LogP contribution in [-0.2, 0) is 4.79 Å². The molecule has 0 fully saturated rings. The second kappa shape index (κ2) is 10.7. The summed E-state index contributed by atoms with van der Waals surface area (Å²) in [7, 11) is 1.78. The summed E-state index contributed by atoms with van der Waals surface area (Å²) in [5.41, 5.74) is 4.33. The van der Waals surface area contributed by atoms with Crippen LogP contribution in [0.4, 0.5) is 0 Å². The zero-order valence-corrected chi connectivity index (χ0v) is 18.7. The highest BCUT2D eigenvalue weighted by Crippen LogP contribution is 2.27. The van der Waals surface area contributed by atoms with Crippen molar-refractivity contribution in [2.75, 3.05) is 20.1 Å². The minimum Gasteiger partial charge on any atom is -0.486 e. The summed E-state index contributed by atoms with van der Waals surface area (Å²) in [4.78, 5) is 25.9. The molecule has 1 unspecified atom stereocenters. The van der Waals surface area contributed by atoms with Crippen LogP contribution in [0.3, 0.4) is 0 Å². The van der Waals surface area contributed by atoms with E-state index >= 15 is 0 Å². The molecule has 32 heavy (non-hydrogen) atoms. The molecule has 5 heteroatoms. The lowest BCUT2D eigenvalue weighted by Gasteiger charge is -2.23. The van der Waals surface area contributed by atoms with Crippen LogP contribution in [-0.4, -0.2) is 41.9 Å². The number of rotatable bonds is 10. The van der Waals surface area contributed by atoms with Gasteiger partial charge in [0, 0.05) is 24.1 Å². The Labute approximate surface area is 189 Å². The van der Waals surface area contributed by atoms with Gasteiger partial charge >= 0.3 is 5.97 Å². The number of carboxylic acid groups (broad SMARTS) is 1. The average Bonchev–Trinajstić information content (AvgIpc) is 2.78. The molecule has 0 saturated carbocycles. The van der Waals surface area contributed by atoms with E-state index in [0.29, 0.717) is 29.8 Å². The fourth-order valence-electron chi connectivity index (χ4n) is 3.64. The van der Waals surface area contributed by atoms with E-state index in [1.54, 1.807) is 24.1 Å². The lowest BCUT2D eigenvalue weighted by molar-refractivity contribution is -0.138. The zero-order chi connectivity index (χ0) is 23.1. The number of aliphatic carboxylic acids is 1. The highest BCUT2D eigenvalue weighted by molar-refractivity contribution is 6.10. The Morgan fingerprint density at radius 1 is 0.969 bits per heavy atom. The quantitative estimate of drug-likeness (QED) is 0.455. The lowest BCUT2D eigenvalue weighted by atomic mass is 9.96. The molecule has 0 spiro atoms. The van der Waals surface area contributed by atoms with Gasteiger partial charge < -0.3 is 9.84 Å². The van der Waals surface area contributed by atoms with Crippen molar-refractivity contribution >= 4 is 11.8 Å². The van der Waals surface area contributed by atoms with Gasteiger partial charge in [-0.2, -0.15) is 0 Å². The Kier molecular flexibility index (Phi) is 7.79. The third-order valence-electron chi connectivity index (χ3n) is 5.57. The maximum atomic E-state index is 13.1. The van der Waals surface area contributed by atoms with E-state index in [9.17, 15) is 9.59 Å². The second-order valence-electron chi connectivity index (χ2n) is 8.04. The van der Waals surface area contributed by atoms with E-state index in [1.807, 2.05) is 74.5 Å². The highest BCUT2D eigenvalue weighted by atomic mass is 16.5. The molecule has 3 aromatic carbocycles. The Balaban J connectivity index is 1.81. The Hall–Kier alpha value is -3.44. The molecule has 166 valence electrons. The smallest absolute Gasteiger partial charge is 0.317 e. The number of aryl methyl sites for hydroxylation is 1. The normalized spacial score (nSPS) is 11.9. The topological polar surface area (TPSA) is 66.8 Å². The van der Waals surface area contributed by atoms with Crippen LogP contribution >= 0.6 is 0 Å². The minimum atomic E-state index is -0.859. The lowest BCUT2D eigenvalue weighted by Crippen LogP contribution is -2.28. The van der Waals surface area contributed by atoms with E-state index < -0.39 is 5.97 Å². The molecule has 0 aliphatic rings. The van der Waals surface area contributed by atoms with E-state index in [1.165, 1.54) is 0 Å². The highest BCUT2D eigenvalue weighted by Gasteiger charge is 2.18. The van der Waals surface area contributed by atoms with Gasteiger partial charge in [0.15, 0.2) is 5.78 Å². The van der Waals surface area contributed by atoms with Crippen LogP contribution in [0.1, 0.15) is 45.1 Å². The summed E-state index contributed by atoms with van der Waals surface area (Å²) in [6.45, 7) is 4.49. The molecular formula is C27H29NO4. The first-order valence-electron chi connectivity index (χ1n) is 10.7. The number of carboxylic acids is 1. The number of carbonyl (C=O) groups is 2. The van der Waals surface area contributed by atoms with E-state index in [4.69, 9.17) is 9.84 Å². The van der Waals surface area contributed by atoms with Crippen molar-refractivity contribution in [2.24, 2.45) is 0 Å². The number of ketones is 1. The van der Waals surface area contributed by atoms with Gasteiger partial charge in [0.25, 0.3) is 0 Å². The molecular weight excluding hydrogens is 402 g/mol. The molecule has 0 amide bonds. The molecule has 0 aliphatic heterocycles. The summed E-state index contributed by atoms with van der Waals surface area (Å²) >= 11 is 0. The standard InChI is InChI=1S/C27H29NO4/c1-19-9-7-14-24(20(19)2)27(31)22-12-8-13-23(17-22)32-25(21-10-5-4-6-11-21)15-16-28(3)18-26(29)30/h4-14,17,25H,15-16,18H2,1-3H3,(H,29,30). The van der Waals surface area contributed by atoms with Crippen LogP contribution < -0.4 is 4.74 Å². The van der Waals surface area contributed by atoms with Crippen molar-refractivity contribution in [3.63, 3.8) is 0 Å². The van der Waals surface area contributed by atoms with Crippen molar-refractivity contribution in [1.29, 1.82) is 0 Å². The predicted octanol–water partition coefficient (Wildman–Crippen LogP) is 5.06. The number of carbonyl (C=O) groups excluding carboxylic acids is 1. The third kappa shape index (κ3) is 6.05. The van der Waals surface area contributed by atoms with Gasteiger partial charge in [0.1, 0.15) is 11.9 Å². The Bertz CT molecular complexity index is 1080. The third-order valence-corrected chi connectivity index (χ3v) is 5.57. The van der Waals surface area contributed by atoms with E-state index in [0.717, 1.165) is 16.7 Å². The number of ether oxygens (including phenoxy) is 1. The van der Waals surface area contributed by atoms with Gasteiger partial charge in [0.05, 0.1) is 6.54 Å². The number of hydrogen-bond donors (Lipinski definition) is 1. The van der Waals surface area contributed by atoms with Crippen LogP contribution in [0.25, 0.3) is 0 Å². The first-order valence-corrected chi connectivity index (χ1v) is 10.7. The van der Waals surface area contributed by atoms with E-state index in [2.05, 4.69) is 0 Å². The zero-order valence-electron chi connectivity index (χ0n) is 18.7. The summed E-state index contributed by atoms with van der Waals surface area (Å²) in [6.07, 6.45) is 0.349. The van der Waals surface area contributed by atoms with Crippen LogP contribution in [0.2, 0.25) is 0 Å². The molecule has 0 aromatic heterocycles. The fraction of sp³-hybridized carbons (Fsp3) is 0.259. The van der Waals surface area contributed by atoms with Gasteiger partial charge in [-0.25, -0.2) is 0 Å². The summed E-state index contributed by atoms with van der Waals surface area (Å²) < 4.78 is 6.31. The first-order chi connectivity index (χ1) is 15.3. The first kappa shape index (κ1) is 23.2. The molecule has 1 atom stereocenters. The number of likely N-dealkylation sites (N-methyl/N-ethyl adjacent to an activating group) is 1.